The van der Waals surface area contributed by atoms with Gasteiger partial charge in [0, 0.05) is 10.4 Å². The molecule has 1 atom stereocenters. The van der Waals surface area contributed by atoms with E-state index < -0.39 is 23.8 Å². The maximum Gasteiger partial charge on any atom is 0.341 e. The number of amides is 1. The molecule has 1 aliphatic rings. The molecule has 1 heterocycles. The Kier molecular flexibility index (Phi) is 8.38. The fraction of sp³-hybridized carbons (Fsp3) is 0.458. The molecule has 1 aromatic carbocycles. The summed E-state index contributed by atoms with van der Waals surface area (Å²) in [7, 11) is 2.57. The van der Waals surface area contributed by atoms with Crippen molar-refractivity contribution in [2.24, 2.45) is 0 Å². The summed E-state index contributed by atoms with van der Waals surface area (Å²) in [5.74, 6) is -0.899. The van der Waals surface area contributed by atoms with Gasteiger partial charge in [0.15, 0.2) is 11.5 Å². The van der Waals surface area contributed by atoms with Crippen molar-refractivity contribution in [3.63, 3.8) is 0 Å². The maximum absolute atomic E-state index is 13.3. The molecule has 0 spiro atoms. The van der Waals surface area contributed by atoms with Crippen LogP contribution in [0.5, 0.6) is 17.2 Å². The maximum atomic E-state index is 13.3. The molecule has 1 amide bonds. The highest BCUT2D eigenvalue weighted by Crippen LogP contribution is 2.46. The second kappa shape index (κ2) is 11.2. The molecule has 0 radical (unpaired) electrons. The molecule has 0 saturated heterocycles. The van der Waals surface area contributed by atoms with E-state index in [1.807, 2.05) is 20.8 Å². The van der Waals surface area contributed by atoms with Gasteiger partial charge in [-0.25, -0.2) is 4.79 Å². The number of rotatable bonds is 10. The van der Waals surface area contributed by atoms with E-state index in [1.54, 1.807) is 12.1 Å². The molecule has 10 heteroatoms. The lowest BCUT2D eigenvalue weighted by molar-refractivity contribution is -0.142. The van der Waals surface area contributed by atoms with Gasteiger partial charge in [-0.1, -0.05) is 0 Å². The molecule has 34 heavy (non-hydrogen) atoms. The van der Waals surface area contributed by atoms with Gasteiger partial charge in [-0.15, -0.1) is 11.3 Å². The van der Waals surface area contributed by atoms with Crippen LogP contribution in [-0.2, 0) is 20.7 Å². The van der Waals surface area contributed by atoms with Gasteiger partial charge in [0.05, 0.1) is 45.5 Å². The van der Waals surface area contributed by atoms with Gasteiger partial charge < -0.3 is 29.0 Å². The zero-order valence-corrected chi connectivity index (χ0v) is 20.8. The van der Waals surface area contributed by atoms with Crippen LogP contribution in [0.2, 0.25) is 0 Å². The number of benzene rings is 1. The van der Waals surface area contributed by atoms with Crippen molar-refractivity contribution in [1.29, 1.82) is 0 Å². The van der Waals surface area contributed by atoms with E-state index in [0.717, 1.165) is 4.88 Å². The Hall–Kier alpha value is -3.27. The van der Waals surface area contributed by atoms with Crippen LogP contribution in [0.4, 0.5) is 5.00 Å². The van der Waals surface area contributed by atoms with Crippen LogP contribution in [-0.4, -0.2) is 51.9 Å². The lowest BCUT2D eigenvalue weighted by atomic mass is 9.99. The van der Waals surface area contributed by atoms with Crippen molar-refractivity contribution >= 4 is 34.2 Å². The third-order valence-corrected chi connectivity index (χ3v) is 6.48. The first-order chi connectivity index (χ1) is 16.4. The molecule has 0 bridgehead atoms. The fourth-order valence-electron chi connectivity index (χ4n) is 3.93. The van der Waals surface area contributed by atoms with Crippen LogP contribution in [0.3, 0.4) is 0 Å². The SMILES string of the molecule is CCOc1cc(C(=O)Nc2sc3c(c2C(=O)OC)C(C(=O)OC)CC3)cc(OCC)c1OCC. The number of methoxy groups -OCH3 is 2. The predicted octanol–water partition coefficient (Wildman–Crippen LogP) is 4.19. The fourth-order valence-corrected chi connectivity index (χ4v) is 5.19. The van der Waals surface area contributed by atoms with E-state index in [9.17, 15) is 14.4 Å². The minimum Gasteiger partial charge on any atom is -0.490 e. The molecular formula is C24H29NO8S. The Balaban J connectivity index is 2.01. The van der Waals surface area contributed by atoms with Crippen LogP contribution in [0.1, 0.15) is 64.3 Å². The average molecular weight is 492 g/mol. The monoisotopic (exact) mass is 491 g/mol. The van der Waals surface area contributed by atoms with Gasteiger partial charge in [0.25, 0.3) is 5.91 Å². The van der Waals surface area contributed by atoms with Gasteiger partial charge in [0.2, 0.25) is 5.75 Å². The first-order valence-corrected chi connectivity index (χ1v) is 11.9. The zero-order valence-electron chi connectivity index (χ0n) is 19.9. The van der Waals surface area contributed by atoms with E-state index in [4.69, 9.17) is 23.7 Å². The van der Waals surface area contributed by atoms with Crippen LogP contribution in [0, 0.1) is 0 Å². The molecule has 0 saturated carbocycles. The Morgan fingerprint density at radius 2 is 1.59 bits per heavy atom. The van der Waals surface area contributed by atoms with Crippen molar-refractivity contribution in [3.8, 4) is 17.2 Å². The summed E-state index contributed by atoms with van der Waals surface area (Å²) in [5.41, 5.74) is 1.02. The molecule has 1 N–H and O–H groups in total. The summed E-state index contributed by atoms with van der Waals surface area (Å²) >= 11 is 1.26. The molecule has 1 aliphatic carbocycles. The van der Waals surface area contributed by atoms with E-state index in [-0.39, 0.29) is 11.1 Å². The minimum absolute atomic E-state index is 0.185. The van der Waals surface area contributed by atoms with E-state index in [1.165, 1.54) is 25.6 Å². The predicted molar refractivity (Wildman–Crippen MR) is 127 cm³/mol. The number of carbonyl (C=O) groups is 3. The van der Waals surface area contributed by atoms with Crippen molar-refractivity contribution in [2.45, 2.75) is 39.5 Å². The summed E-state index contributed by atoms with van der Waals surface area (Å²) in [6.45, 7) is 6.65. The number of fused-ring (bicyclic) bond motifs is 1. The number of esters is 2. The van der Waals surface area contributed by atoms with Crippen LogP contribution >= 0.6 is 11.3 Å². The second-order valence-electron chi connectivity index (χ2n) is 7.30. The van der Waals surface area contributed by atoms with Gasteiger partial charge in [-0.05, 0) is 51.3 Å². The van der Waals surface area contributed by atoms with E-state index in [2.05, 4.69) is 5.32 Å². The van der Waals surface area contributed by atoms with Gasteiger partial charge in [-0.2, -0.15) is 0 Å². The number of carbonyl (C=O) groups excluding carboxylic acids is 3. The Morgan fingerprint density at radius 3 is 2.12 bits per heavy atom. The summed E-state index contributed by atoms with van der Waals surface area (Å²) < 4.78 is 26.9. The summed E-state index contributed by atoms with van der Waals surface area (Å²) in [5, 5.41) is 3.13. The minimum atomic E-state index is -0.625. The highest BCUT2D eigenvalue weighted by molar-refractivity contribution is 7.17. The van der Waals surface area contributed by atoms with E-state index in [0.29, 0.717) is 60.5 Å². The second-order valence-corrected chi connectivity index (χ2v) is 8.41. The molecular weight excluding hydrogens is 462 g/mol. The lowest BCUT2D eigenvalue weighted by Gasteiger charge is -2.17. The molecule has 3 rings (SSSR count). The molecule has 0 fully saturated rings. The normalized spacial score (nSPS) is 14.2. The number of aryl methyl sites for hydroxylation is 1. The standard InChI is InChI=1S/C24H29NO8S/c1-6-31-15-11-13(12-16(32-7-2)20(15)33-8-3)21(26)25-22-19(24(28)30-5)18-14(23(27)29-4)9-10-17(18)34-22/h11-12,14H,6-10H2,1-5H3,(H,25,26). The zero-order chi connectivity index (χ0) is 24.8. The molecule has 1 unspecified atom stereocenters. The highest BCUT2D eigenvalue weighted by Gasteiger charge is 2.38. The summed E-state index contributed by atoms with van der Waals surface area (Å²) in [6, 6.07) is 3.14. The van der Waals surface area contributed by atoms with Gasteiger partial charge in [-0.3, -0.25) is 9.59 Å². The summed E-state index contributed by atoms with van der Waals surface area (Å²) in [6.07, 6.45) is 1.14. The van der Waals surface area contributed by atoms with Crippen molar-refractivity contribution < 1.29 is 38.1 Å². The van der Waals surface area contributed by atoms with Gasteiger partial charge >= 0.3 is 11.9 Å². The number of nitrogens with one attached hydrogen (secondary N) is 1. The third kappa shape index (κ3) is 4.96. The van der Waals surface area contributed by atoms with Crippen molar-refractivity contribution in [3.05, 3.63) is 33.7 Å². The van der Waals surface area contributed by atoms with Crippen molar-refractivity contribution in [2.75, 3.05) is 39.4 Å². The largest absolute Gasteiger partial charge is 0.490 e. The number of thiophene rings is 1. The number of hydrogen-bond acceptors (Lipinski definition) is 9. The van der Waals surface area contributed by atoms with Crippen LogP contribution in [0.15, 0.2) is 12.1 Å². The quantitative estimate of drug-likeness (QED) is 0.493. The number of anilines is 1. The lowest BCUT2D eigenvalue weighted by Crippen LogP contribution is -2.18. The number of ether oxygens (including phenoxy) is 5. The topological polar surface area (TPSA) is 109 Å². The Labute approximate surface area is 202 Å². The Bertz CT molecular complexity index is 1050. The molecule has 184 valence electrons. The van der Waals surface area contributed by atoms with E-state index >= 15 is 0 Å². The molecule has 2 aromatic rings. The Morgan fingerprint density at radius 1 is 0.971 bits per heavy atom. The highest BCUT2D eigenvalue weighted by atomic mass is 32.1. The first-order valence-electron chi connectivity index (χ1n) is 11.1. The van der Waals surface area contributed by atoms with Crippen LogP contribution in [0.25, 0.3) is 0 Å². The molecule has 9 nitrogen and oxygen atoms in total. The van der Waals surface area contributed by atoms with Crippen LogP contribution < -0.4 is 19.5 Å². The number of hydrogen-bond donors (Lipinski definition) is 1. The van der Waals surface area contributed by atoms with Gasteiger partial charge in [0.1, 0.15) is 5.00 Å². The smallest absolute Gasteiger partial charge is 0.341 e. The summed E-state index contributed by atoms with van der Waals surface area (Å²) in [4.78, 5) is 39.0. The molecule has 0 aliphatic heterocycles. The van der Waals surface area contributed by atoms with Crippen molar-refractivity contribution in [1.82, 2.24) is 0 Å². The molecule has 1 aromatic heterocycles. The third-order valence-electron chi connectivity index (χ3n) is 5.30. The first kappa shape index (κ1) is 25.4. The average Bonchev–Trinajstić information content (AvgIpc) is 3.39.